The molecular formula is C32H43N5O8. The Balaban J connectivity index is 1.86. The number of anilines is 1. The SMILES string of the molecule is CCOCCC(=O)NCC(=O)NCC(=O)N[C@@H](Cc1ccccc1)C(=O)NCC(=O)Nc1ccc(COC(=O)C(C)(C)C)cc1. The summed E-state index contributed by atoms with van der Waals surface area (Å²) in [7, 11) is 0. The van der Waals surface area contributed by atoms with Crippen LogP contribution < -0.4 is 26.6 Å². The Morgan fingerprint density at radius 1 is 0.733 bits per heavy atom. The average molecular weight is 626 g/mol. The molecule has 0 aliphatic rings. The zero-order chi connectivity index (χ0) is 33.2. The summed E-state index contributed by atoms with van der Waals surface area (Å²) in [5.74, 6) is -2.96. The van der Waals surface area contributed by atoms with Crippen molar-refractivity contribution in [3.63, 3.8) is 0 Å². The zero-order valence-corrected chi connectivity index (χ0v) is 26.2. The van der Waals surface area contributed by atoms with Gasteiger partial charge in [-0.05, 0) is 51.0 Å². The molecule has 0 fully saturated rings. The predicted octanol–water partition coefficient (Wildman–Crippen LogP) is 1.22. The summed E-state index contributed by atoms with van der Waals surface area (Å²) in [5, 5.41) is 12.6. The molecule has 0 unspecified atom stereocenters. The molecule has 0 radical (unpaired) electrons. The molecule has 0 saturated heterocycles. The molecule has 0 spiro atoms. The van der Waals surface area contributed by atoms with Crippen LogP contribution in [-0.2, 0) is 51.3 Å². The van der Waals surface area contributed by atoms with Gasteiger partial charge in [-0.25, -0.2) is 0 Å². The van der Waals surface area contributed by atoms with E-state index < -0.39 is 41.6 Å². The Bertz CT molecular complexity index is 1290. The van der Waals surface area contributed by atoms with Crippen LogP contribution in [0.3, 0.4) is 0 Å². The first kappa shape index (κ1) is 36.4. The van der Waals surface area contributed by atoms with E-state index >= 15 is 0 Å². The Morgan fingerprint density at radius 3 is 2.00 bits per heavy atom. The van der Waals surface area contributed by atoms with Crippen LogP contribution in [0.1, 0.15) is 45.2 Å². The lowest BCUT2D eigenvalue weighted by Crippen LogP contribution is -2.52. The van der Waals surface area contributed by atoms with E-state index in [-0.39, 0.29) is 51.0 Å². The number of ether oxygens (including phenoxy) is 2. The predicted molar refractivity (Wildman–Crippen MR) is 167 cm³/mol. The van der Waals surface area contributed by atoms with Crippen LogP contribution in [0.25, 0.3) is 0 Å². The highest BCUT2D eigenvalue weighted by Gasteiger charge is 2.23. The summed E-state index contributed by atoms with van der Waals surface area (Å²) < 4.78 is 10.4. The minimum Gasteiger partial charge on any atom is -0.460 e. The topological polar surface area (TPSA) is 181 Å². The largest absolute Gasteiger partial charge is 0.460 e. The Morgan fingerprint density at radius 2 is 1.36 bits per heavy atom. The third-order valence-corrected chi connectivity index (χ3v) is 6.15. The summed E-state index contributed by atoms with van der Waals surface area (Å²) in [5.41, 5.74) is 1.39. The van der Waals surface area contributed by atoms with Crippen molar-refractivity contribution in [3.05, 3.63) is 65.7 Å². The van der Waals surface area contributed by atoms with Gasteiger partial charge in [-0.3, -0.25) is 28.8 Å². The first-order chi connectivity index (χ1) is 21.4. The number of carbonyl (C=O) groups excluding carboxylic acids is 6. The van der Waals surface area contributed by atoms with Crippen molar-refractivity contribution in [1.82, 2.24) is 21.3 Å². The van der Waals surface area contributed by atoms with Gasteiger partial charge in [-0.1, -0.05) is 42.5 Å². The molecule has 0 saturated carbocycles. The van der Waals surface area contributed by atoms with Gasteiger partial charge in [-0.15, -0.1) is 0 Å². The smallest absolute Gasteiger partial charge is 0.311 e. The van der Waals surface area contributed by atoms with Crippen LogP contribution in [-0.4, -0.2) is 74.4 Å². The number of esters is 1. The molecule has 13 nitrogen and oxygen atoms in total. The Labute approximate surface area is 263 Å². The number of amides is 5. The molecule has 1 atom stereocenters. The van der Waals surface area contributed by atoms with E-state index in [1.54, 1.807) is 76.2 Å². The second kappa shape index (κ2) is 18.8. The van der Waals surface area contributed by atoms with E-state index in [0.29, 0.717) is 12.3 Å². The minimum atomic E-state index is -1.03. The van der Waals surface area contributed by atoms with E-state index in [0.717, 1.165) is 11.1 Å². The van der Waals surface area contributed by atoms with Crippen molar-refractivity contribution in [2.75, 3.05) is 38.2 Å². The van der Waals surface area contributed by atoms with E-state index in [1.165, 1.54) is 0 Å². The standard InChI is InChI=1S/C32H43N5O8/c1-5-44-16-15-26(38)33-18-27(39)34-19-29(41)37-25(17-22-9-7-6-8-10-22)30(42)35-20-28(40)36-24-13-11-23(12-14-24)21-45-31(43)32(2,3)4/h6-14,25H,5,15-21H2,1-4H3,(H,33,38)(H,34,39)(H,35,42)(H,36,40)(H,37,41)/t25-/m0/s1. The highest BCUT2D eigenvalue weighted by Crippen LogP contribution is 2.17. The third kappa shape index (κ3) is 15.0. The van der Waals surface area contributed by atoms with Crippen molar-refractivity contribution in [1.29, 1.82) is 0 Å². The number of hydrogen-bond donors (Lipinski definition) is 5. The van der Waals surface area contributed by atoms with Crippen LogP contribution >= 0.6 is 0 Å². The van der Waals surface area contributed by atoms with E-state index in [4.69, 9.17) is 9.47 Å². The van der Waals surface area contributed by atoms with Gasteiger partial charge >= 0.3 is 5.97 Å². The van der Waals surface area contributed by atoms with Gasteiger partial charge in [0.25, 0.3) is 0 Å². The fraction of sp³-hybridized carbons (Fsp3) is 0.438. The number of benzene rings is 2. The molecule has 0 aliphatic carbocycles. The quantitative estimate of drug-likeness (QED) is 0.129. The van der Waals surface area contributed by atoms with Gasteiger partial charge in [0.1, 0.15) is 12.6 Å². The van der Waals surface area contributed by atoms with Crippen LogP contribution in [0.2, 0.25) is 0 Å². The van der Waals surface area contributed by atoms with Gasteiger partial charge in [-0.2, -0.15) is 0 Å². The van der Waals surface area contributed by atoms with Gasteiger partial charge in [0.2, 0.25) is 29.5 Å². The molecule has 13 heteroatoms. The monoisotopic (exact) mass is 625 g/mol. The lowest BCUT2D eigenvalue weighted by molar-refractivity contribution is -0.154. The third-order valence-electron chi connectivity index (χ3n) is 6.15. The van der Waals surface area contributed by atoms with Crippen molar-refractivity contribution in [2.24, 2.45) is 5.41 Å². The molecule has 0 aromatic heterocycles. The number of hydrogen-bond acceptors (Lipinski definition) is 8. The maximum atomic E-state index is 13.0. The second-order valence-corrected chi connectivity index (χ2v) is 11.1. The molecule has 5 amide bonds. The normalized spacial score (nSPS) is 11.5. The molecule has 2 aromatic carbocycles. The van der Waals surface area contributed by atoms with Gasteiger partial charge < -0.3 is 36.1 Å². The van der Waals surface area contributed by atoms with E-state index in [2.05, 4.69) is 26.6 Å². The maximum absolute atomic E-state index is 13.0. The molecule has 0 aliphatic heterocycles. The molecule has 244 valence electrons. The Kier molecular flexibility index (Phi) is 15.2. The first-order valence-corrected chi connectivity index (χ1v) is 14.7. The van der Waals surface area contributed by atoms with Gasteiger partial charge in [0.15, 0.2) is 0 Å². The van der Waals surface area contributed by atoms with Crippen LogP contribution in [0.15, 0.2) is 54.6 Å². The maximum Gasteiger partial charge on any atom is 0.311 e. The molecule has 45 heavy (non-hydrogen) atoms. The Hall–Kier alpha value is -4.78. The molecule has 0 heterocycles. The summed E-state index contributed by atoms with van der Waals surface area (Å²) >= 11 is 0. The number of nitrogens with one attached hydrogen (secondary N) is 5. The molecule has 2 aromatic rings. The van der Waals surface area contributed by atoms with Crippen LogP contribution in [0.4, 0.5) is 5.69 Å². The lowest BCUT2D eigenvalue weighted by Gasteiger charge is -2.19. The van der Waals surface area contributed by atoms with E-state index in [9.17, 15) is 28.8 Å². The zero-order valence-electron chi connectivity index (χ0n) is 26.2. The van der Waals surface area contributed by atoms with Gasteiger partial charge in [0.05, 0.1) is 31.7 Å². The molecule has 0 bridgehead atoms. The van der Waals surface area contributed by atoms with Crippen molar-refractivity contribution < 1.29 is 38.2 Å². The summed E-state index contributed by atoms with van der Waals surface area (Å²) in [6.07, 6.45) is 0.254. The molecular weight excluding hydrogens is 582 g/mol. The lowest BCUT2D eigenvalue weighted by atomic mass is 9.97. The molecule has 2 rings (SSSR count). The van der Waals surface area contributed by atoms with Crippen LogP contribution in [0.5, 0.6) is 0 Å². The highest BCUT2D eigenvalue weighted by atomic mass is 16.5. The fourth-order valence-corrected chi connectivity index (χ4v) is 3.67. The summed E-state index contributed by atoms with van der Waals surface area (Å²) in [6.45, 7) is 6.84. The first-order valence-electron chi connectivity index (χ1n) is 14.7. The number of carbonyl (C=O) groups is 6. The van der Waals surface area contributed by atoms with Gasteiger partial charge in [0, 0.05) is 25.1 Å². The number of rotatable bonds is 17. The van der Waals surface area contributed by atoms with Crippen molar-refractivity contribution >= 4 is 41.2 Å². The average Bonchev–Trinajstić information content (AvgIpc) is 3.01. The van der Waals surface area contributed by atoms with E-state index in [1.807, 2.05) is 6.07 Å². The van der Waals surface area contributed by atoms with Crippen molar-refractivity contribution in [3.8, 4) is 0 Å². The fourth-order valence-electron chi connectivity index (χ4n) is 3.67. The van der Waals surface area contributed by atoms with Crippen molar-refractivity contribution in [2.45, 2.75) is 53.2 Å². The van der Waals surface area contributed by atoms with Crippen LogP contribution in [0, 0.1) is 5.41 Å². The second-order valence-electron chi connectivity index (χ2n) is 11.1. The summed E-state index contributed by atoms with van der Waals surface area (Å²) in [4.78, 5) is 73.8. The summed E-state index contributed by atoms with van der Waals surface area (Å²) in [6, 6.07) is 14.7. The minimum absolute atomic E-state index is 0.101. The molecule has 5 N–H and O–H groups in total. The highest BCUT2D eigenvalue weighted by molar-refractivity contribution is 5.96.